The Morgan fingerprint density at radius 3 is 2.94 bits per heavy atom. The fourth-order valence-electron chi connectivity index (χ4n) is 1.86. The highest BCUT2D eigenvalue weighted by Crippen LogP contribution is 2.32. The van der Waals surface area contributed by atoms with Crippen molar-refractivity contribution in [1.29, 1.82) is 0 Å². The molecule has 18 heavy (non-hydrogen) atoms. The van der Waals surface area contributed by atoms with E-state index in [0.29, 0.717) is 18.9 Å². The van der Waals surface area contributed by atoms with Crippen molar-refractivity contribution in [3.63, 3.8) is 0 Å². The summed E-state index contributed by atoms with van der Waals surface area (Å²) in [5.74, 6) is 0.471. The van der Waals surface area contributed by atoms with Crippen LogP contribution < -0.4 is 5.32 Å². The van der Waals surface area contributed by atoms with Gasteiger partial charge in [0.1, 0.15) is 0 Å². The molecule has 1 fully saturated rings. The largest absolute Gasteiger partial charge is 0.391 e. The minimum Gasteiger partial charge on any atom is -0.391 e. The standard InChI is InChI=1S/C13H18BrNO2S/c14-12-7-6-10(18-12)2-1-3-13(17)15-8-11(16)9-4-5-9/h6-7,9,11,16H,1-5,8H2,(H,15,17). The molecule has 1 atom stereocenters. The van der Waals surface area contributed by atoms with Gasteiger partial charge in [0.25, 0.3) is 0 Å². The molecule has 2 N–H and O–H groups in total. The van der Waals surface area contributed by atoms with Gasteiger partial charge in [0.2, 0.25) is 5.91 Å². The molecule has 3 nitrogen and oxygen atoms in total. The van der Waals surface area contributed by atoms with Gasteiger partial charge in [0.05, 0.1) is 9.89 Å². The number of aryl methyl sites for hydroxylation is 1. The molecular weight excluding hydrogens is 314 g/mol. The Morgan fingerprint density at radius 2 is 2.33 bits per heavy atom. The number of nitrogens with one attached hydrogen (secondary N) is 1. The molecule has 1 aliphatic carbocycles. The number of thiophene rings is 1. The van der Waals surface area contributed by atoms with Gasteiger partial charge in [0, 0.05) is 17.8 Å². The molecule has 0 bridgehead atoms. The fourth-order valence-corrected chi connectivity index (χ4v) is 3.39. The molecule has 2 rings (SSSR count). The van der Waals surface area contributed by atoms with E-state index in [9.17, 15) is 9.90 Å². The zero-order valence-corrected chi connectivity index (χ0v) is 12.6. The van der Waals surface area contributed by atoms with E-state index in [1.807, 2.05) is 6.07 Å². The highest BCUT2D eigenvalue weighted by atomic mass is 79.9. The maximum atomic E-state index is 11.6. The van der Waals surface area contributed by atoms with Gasteiger partial charge in [-0.15, -0.1) is 11.3 Å². The lowest BCUT2D eigenvalue weighted by molar-refractivity contribution is -0.121. The van der Waals surface area contributed by atoms with E-state index in [4.69, 9.17) is 0 Å². The van der Waals surface area contributed by atoms with Crippen molar-refractivity contribution in [2.75, 3.05) is 6.54 Å². The van der Waals surface area contributed by atoms with Crippen LogP contribution in [-0.4, -0.2) is 23.7 Å². The van der Waals surface area contributed by atoms with Crippen molar-refractivity contribution < 1.29 is 9.90 Å². The number of aliphatic hydroxyl groups is 1. The minimum absolute atomic E-state index is 0.0466. The summed E-state index contributed by atoms with van der Waals surface area (Å²) in [5.41, 5.74) is 0. The highest BCUT2D eigenvalue weighted by Gasteiger charge is 2.29. The zero-order chi connectivity index (χ0) is 13.0. The quantitative estimate of drug-likeness (QED) is 0.807. The molecule has 1 saturated carbocycles. The molecular formula is C13H18BrNO2S. The maximum absolute atomic E-state index is 11.6. The smallest absolute Gasteiger partial charge is 0.220 e. The van der Waals surface area contributed by atoms with Crippen LogP contribution in [0.25, 0.3) is 0 Å². The van der Waals surface area contributed by atoms with Crippen molar-refractivity contribution >= 4 is 33.2 Å². The number of amides is 1. The Morgan fingerprint density at radius 1 is 1.56 bits per heavy atom. The first-order valence-corrected chi connectivity index (χ1v) is 7.95. The van der Waals surface area contributed by atoms with E-state index < -0.39 is 0 Å². The first-order valence-electron chi connectivity index (χ1n) is 6.34. The molecule has 0 aromatic carbocycles. The van der Waals surface area contributed by atoms with Crippen LogP contribution in [0.15, 0.2) is 15.9 Å². The van der Waals surface area contributed by atoms with Gasteiger partial charge in [-0.25, -0.2) is 0 Å². The van der Waals surface area contributed by atoms with E-state index in [1.165, 1.54) is 4.88 Å². The van der Waals surface area contributed by atoms with Crippen LogP contribution in [0.1, 0.15) is 30.6 Å². The molecule has 1 aromatic heterocycles. The Hall–Kier alpha value is -0.390. The third-order valence-corrected chi connectivity index (χ3v) is 4.81. The molecule has 1 aromatic rings. The van der Waals surface area contributed by atoms with E-state index in [2.05, 4.69) is 27.3 Å². The third kappa shape index (κ3) is 4.71. The second kappa shape index (κ2) is 6.68. The van der Waals surface area contributed by atoms with Crippen molar-refractivity contribution in [2.24, 2.45) is 5.92 Å². The molecule has 1 heterocycles. The van der Waals surface area contributed by atoms with Gasteiger partial charge in [-0.3, -0.25) is 4.79 Å². The molecule has 100 valence electrons. The lowest BCUT2D eigenvalue weighted by Crippen LogP contribution is -2.32. The molecule has 1 unspecified atom stereocenters. The molecule has 0 radical (unpaired) electrons. The number of hydrogen-bond acceptors (Lipinski definition) is 3. The lowest BCUT2D eigenvalue weighted by atomic mass is 10.2. The van der Waals surface area contributed by atoms with Crippen molar-refractivity contribution in [1.82, 2.24) is 5.32 Å². The van der Waals surface area contributed by atoms with E-state index in [1.54, 1.807) is 11.3 Å². The van der Waals surface area contributed by atoms with Gasteiger partial charge in [-0.1, -0.05) is 0 Å². The summed E-state index contributed by atoms with van der Waals surface area (Å²) in [4.78, 5) is 12.9. The summed E-state index contributed by atoms with van der Waals surface area (Å²) in [6.07, 6.45) is 4.19. The number of carbonyl (C=O) groups excluding carboxylic acids is 1. The van der Waals surface area contributed by atoms with Crippen LogP contribution in [0, 0.1) is 5.92 Å². The van der Waals surface area contributed by atoms with Crippen LogP contribution in [0.2, 0.25) is 0 Å². The summed E-state index contributed by atoms with van der Waals surface area (Å²) in [6, 6.07) is 4.12. The summed E-state index contributed by atoms with van der Waals surface area (Å²) in [5, 5.41) is 12.4. The SMILES string of the molecule is O=C(CCCc1ccc(Br)s1)NCC(O)C1CC1. The Kier molecular flexibility index (Phi) is 5.21. The van der Waals surface area contributed by atoms with Gasteiger partial charge in [0.15, 0.2) is 0 Å². The van der Waals surface area contributed by atoms with E-state index in [0.717, 1.165) is 29.5 Å². The Labute approximate surface area is 120 Å². The topological polar surface area (TPSA) is 49.3 Å². The predicted octanol–water partition coefficient (Wildman–Crippen LogP) is 2.72. The van der Waals surface area contributed by atoms with Crippen LogP contribution in [0.4, 0.5) is 0 Å². The molecule has 0 spiro atoms. The monoisotopic (exact) mass is 331 g/mol. The number of aliphatic hydroxyl groups excluding tert-OH is 1. The van der Waals surface area contributed by atoms with Crippen molar-refractivity contribution in [2.45, 2.75) is 38.2 Å². The van der Waals surface area contributed by atoms with Gasteiger partial charge in [-0.05, 0) is 59.7 Å². The van der Waals surface area contributed by atoms with Gasteiger partial charge < -0.3 is 10.4 Å². The Balaban J connectivity index is 1.56. The van der Waals surface area contributed by atoms with Crippen molar-refractivity contribution in [3.8, 4) is 0 Å². The lowest BCUT2D eigenvalue weighted by Gasteiger charge is -2.10. The predicted molar refractivity (Wildman–Crippen MR) is 76.7 cm³/mol. The van der Waals surface area contributed by atoms with E-state index >= 15 is 0 Å². The second-order valence-electron chi connectivity index (χ2n) is 4.77. The molecule has 1 aliphatic rings. The number of rotatable bonds is 7. The van der Waals surface area contributed by atoms with Crippen LogP contribution >= 0.6 is 27.3 Å². The van der Waals surface area contributed by atoms with E-state index in [-0.39, 0.29) is 12.0 Å². The van der Waals surface area contributed by atoms with Crippen LogP contribution in [0.5, 0.6) is 0 Å². The zero-order valence-electron chi connectivity index (χ0n) is 10.2. The first-order chi connectivity index (χ1) is 8.65. The average Bonchev–Trinajstić information content (AvgIpc) is 3.11. The number of halogens is 1. The summed E-state index contributed by atoms with van der Waals surface area (Å²) >= 11 is 5.14. The number of carbonyl (C=O) groups is 1. The maximum Gasteiger partial charge on any atom is 0.220 e. The fraction of sp³-hybridized carbons (Fsp3) is 0.615. The van der Waals surface area contributed by atoms with Gasteiger partial charge in [-0.2, -0.15) is 0 Å². The summed E-state index contributed by atoms with van der Waals surface area (Å²) < 4.78 is 1.13. The molecule has 5 heteroatoms. The summed E-state index contributed by atoms with van der Waals surface area (Å²) in [7, 11) is 0. The minimum atomic E-state index is -0.345. The second-order valence-corrected chi connectivity index (χ2v) is 7.32. The third-order valence-electron chi connectivity index (χ3n) is 3.13. The average molecular weight is 332 g/mol. The highest BCUT2D eigenvalue weighted by molar-refractivity contribution is 9.11. The normalized spacial score (nSPS) is 16.6. The Bertz CT molecular complexity index is 403. The summed E-state index contributed by atoms with van der Waals surface area (Å²) in [6.45, 7) is 0.411. The van der Waals surface area contributed by atoms with Crippen LogP contribution in [-0.2, 0) is 11.2 Å². The van der Waals surface area contributed by atoms with Gasteiger partial charge >= 0.3 is 0 Å². The van der Waals surface area contributed by atoms with Crippen LogP contribution in [0.3, 0.4) is 0 Å². The molecule has 0 aliphatic heterocycles. The first kappa shape index (κ1) is 14.0. The number of hydrogen-bond donors (Lipinski definition) is 2. The molecule has 0 saturated heterocycles. The van der Waals surface area contributed by atoms with Crippen molar-refractivity contribution in [3.05, 3.63) is 20.8 Å². The molecule has 1 amide bonds.